The second-order valence-electron chi connectivity index (χ2n) is 4.54. The van der Waals surface area contributed by atoms with Crippen LogP contribution in [-0.2, 0) is 4.79 Å². The summed E-state index contributed by atoms with van der Waals surface area (Å²) in [6.45, 7) is 2.85. The lowest BCUT2D eigenvalue weighted by atomic mass is 10.2. The highest BCUT2D eigenvalue weighted by atomic mass is 35.5. The van der Waals surface area contributed by atoms with Crippen LogP contribution in [0.25, 0.3) is 0 Å². The van der Waals surface area contributed by atoms with E-state index in [2.05, 4.69) is 5.32 Å². The molecular formula is C15H20ClNO5S. The number of aliphatic carboxylic acids is 1. The number of hydrogen-bond acceptors (Lipinski definition) is 5. The van der Waals surface area contributed by atoms with Crippen LogP contribution >= 0.6 is 23.4 Å². The summed E-state index contributed by atoms with van der Waals surface area (Å²) in [5.74, 6) is 0.171. The van der Waals surface area contributed by atoms with E-state index in [1.807, 2.05) is 6.92 Å². The molecule has 2 N–H and O–H groups in total. The van der Waals surface area contributed by atoms with Crippen molar-refractivity contribution in [3.8, 4) is 11.5 Å². The number of methoxy groups -OCH3 is 1. The highest BCUT2D eigenvalue weighted by Gasteiger charge is 2.15. The quantitative estimate of drug-likeness (QED) is 0.623. The third-order valence-corrected chi connectivity index (χ3v) is 3.92. The molecule has 1 rings (SSSR count). The van der Waals surface area contributed by atoms with Gasteiger partial charge >= 0.3 is 5.97 Å². The molecule has 1 aromatic carbocycles. The lowest BCUT2D eigenvalue weighted by molar-refractivity contribution is -0.133. The van der Waals surface area contributed by atoms with E-state index in [1.165, 1.54) is 24.9 Å². The Balaban J connectivity index is 2.66. The fourth-order valence-corrected chi connectivity index (χ4v) is 2.52. The molecule has 128 valence electrons. The Kier molecular flexibility index (Phi) is 8.65. The van der Waals surface area contributed by atoms with Crippen molar-refractivity contribution in [1.82, 2.24) is 5.32 Å². The molecule has 0 aromatic heterocycles. The summed E-state index contributed by atoms with van der Waals surface area (Å²) in [6.07, 6.45) is 0.829. The van der Waals surface area contributed by atoms with Crippen molar-refractivity contribution in [2.45, 2.75) is 13.3 Å². The first-order chi connectivity index (χ1) is 11.0. The number of carbonyl (C=O) groups excluding carboxylic acids is 1. The Hall–Kier alpha value is -1.60. The molecule has 0 saturated carbocycles. The highest BCUT2D eigenvalue weighted by Crippen LogP contribution is 2.36. The van der Waals surface area contributed by atoms with Crippen LogP contribution in [0.15, 0.2) is 12.1 Å². The Labute approximate surface area is 144 Å². The van der Waals surface area contributed by atoms with E-state index in [0.29, 0.717) is 41.0 Å². The molecule has 0 aliphatic rings. The van der Waals surface area contributed by atoms with Crippen LogP contribution < -0.4 is 14.8 Å². The first kappa shape index (κ1) is 19.4. The van der Waals surface area contributed by atoms with E-state index in [-0.39, 0.29) is 11.7 Å². The normalized spacial score (nSPS) is 10.2. The second kappa shape index (κ2) is 10.2. The zero-order chi connectivity index (χ0) is 17.2. The van der Waals surface area contributed by atoms with Crippen LogP contribution in [0.5, 0.6) is 11.5 Å². The molecule has 0 aliphatic carbocycles. The molecular weight excluding hydrogens is 342 g/mol. The van der Waals surface area contributed by atoms with E-state index in [4.69, 9.17) is 26.2 Å². The topological polar surface area (TPSA) is 84.9 Å². The van der Waals surface area contributed by atoms with Crippen molar-refractivity contribution in [3.63, 3.8) is 0 Å². The molecule has 1 amide bonds. The minimum atomic E-state index is -0.875. The van der Waals surface area contributed by atoms with E-state index < -0.39 is 5.97 Å². The molecule has 0 radical (unpaired) electrons. The predicted molar refractivity (Wildman–Crippen MR) is 91.1 cm³/mol. The standard InChI is InChI=1S/C15H20ClNO5S/c1-3-5-22-14-11(16)7-10(8-12(14)21-2)15(20)17-4-6-23-9-13(18)19/h7-8H,3-6,9H2,1-2H3,(H,17,20)(H,18,19). The smallest absolute Gasteiger partial charge is 0.313 e. The van der Waals surface area contributed by atoms with Crippen molar-refractivity contribution in [2.24, 2.45) is 0 Å². The average molecular weight is 362 g/mol. The van der Waals surface area contributed by atoms with E-state index in [9.17, 15) is 9.59 Å². The summed E-state index contributed by atoms with van der Waals surface area (Å²) >= 11 is 7.39. The zero-order valence-electron chi connectivity index (χ0n) is 13.1. The Morgan fingerprint density at radius 2 is 2.13 bits per heavy atom. The summed E-state index contributed by atoms with van der Waals surface area (Å²) in [6, 6.07) is 3.09. The van der Waals surface area contributed by atoms with Gasteiger partial charge in [-0.05, 0) is 18.6 Å². The Bertz CT molecular complexity index is 553. The molecule has 0 saturated heterocycles. The van der Waals surface area contributed by atoms with Crippen molar-refractivity contribution < 1.29 is 24.2 Å². The fourth-order valence-electron chi connectivity index (χ4n) is 1.69. The van der Waals surface area contributed by atoms with Crippen LogP contribution in [0.2, 0.25) is 5.02 Å². The summed E-state index contributed by atoms with van der Waals surface area (Å²) in [7, 11) is 1.48. The monoisotopic (exact) mass is 361 g/mol. The summed E-state index contributed by atoms with van der Waals surface area (Å²) in [4.78, 5) is 22.5. The number of rotatable bonds is 10. The molecule has 0 atom stereocenters. The molecule has 6 nitrogen and oxygen atoms in total. The zero-order valence-corrected chi connectivity index (χ0v) is 14.6. The van der Waals surface area contributed by atoms with Gasteiger partial charge in [-0.15, -0.1) is 11.8 Å². The van der Waals surface area contributed by atoms with Gasteiger partial charge in [-0.1, -0.05) is 18.5 Å². The number of nitrogens with one attached hydrogen (secondary N) is 1. The number of hydrogen-bond donors (Lipinski definition) is 2. The van der Waals surface area contributed by atoms with Gasteiger partial charge in [0.25, 0.3) is 5.91 Å². The second-order valence-corrected chi connectivity index (χ2v) is 6.05. The molecule has 0 spiro atoms. The number of amides is 1. The van der Waals surface area contributed by atoms with Crippen molar-refractivity contribution in [2.75, 3.05) is 31.8 Å². The minimum Gasteiger partial charge on any atom is -0.493 e. The molecule has 0 fully saturated rings. The lowest BCUT2D eigenvalue weighted by Gasteiger charge is -2.13. The minimum absolute atomic E-state index is 0.0129. The number of ether oxygens (including phenoxy) is 2. The number of carboxylic acids is 1. The Morgan fingerprint density at radius 3 is 2.74 bits per heavy atom. The number of benzene rings is 1. The largest absolute Gasteiger partial charge is 0.493 e. The molecule has 23 heavy (non-hydrogen) atoms. The predicted octanol–water partition coefficient (Wildman–Crippen LogP) is 2.69. The van der Waals surface area contributed by atoms with Gasteiger partial charge in [-0.25, -0.2) is 0 Å². The van der Waals surface area contributed by atoms with Gasteiger partial charge < -0.3 is 19.9 Å². The van der Waals surface area contributed by atoms with Gasteiger partial charge in [0.15, 0.2) is 11.5 Å². The average Bonchev–Trinajstić information content (AvgIpc) is 2.52. The first-order valence-corrected chi connectivity index (χ1v) is 8.60. The molecule has 0 unspecified atom stereocenters. The third kappa shape index (κ3) is 6.58. The maximum atomic E-state index is 12.1. The molecule has 1 aromatic rings. The van der Waals surface area contributed by atoms with Gasteiger partial charge in [-0.3, -0.25) is 9.59 Å². The summed E-state index contributed by atoms with van der Waals surface area (Å²) in [5, 5.41) is 11.5. The van der Waals surface area contributed by atoms with Crippen molar-refractivity contribution >= 4 is 35.2 Å². The van der Waals surface area contributed by atoms with E-state index in [1.54, 1.807) is 6.07 Å². The van der Waals surface area contributed by atoms with Crippen molar-refractivity contribution in [1.29, 1.82) is 0 Å². The van der Waals surface area contributed by atoms with Crippen LogP contribution in [0, 0.1) is 0 Å². The van der Waals surface area contributed by atoms with Crippen LogP contribution in [-0.4, -0.2) is 48.8 Å². The SMILES string of the molecule is CCCOc1c(Cl)cc(C(=O)NCCSCC(=O)O)cc1OC. The number of thioether (sulfide) groups is 1. The first-order valence-electron chi connectivity index (χ1n) is 7.07. The van der Waals surface area contributed by atoms with Gasteiger partial charge in [-0.2, -0.15) is 0 Å². The summed E-state index contributed by atoms with van der Waals surface area (Å²) < 4.78 is 10.8. The molecule has 0 heterocycles. The highest BCUT2D eigenvalue weighted by molar-refractivity contribution is 7.99. The van der Waals surface area contributed by atoms with Gasteiger partial charge in [0.1, 0.15) is 0 Å². The fraction of sp³-hybridized carbons (Fsp3) is 0.467. The molecule has 0 aliphatic heterocycles. The van der Waals surface area contributed by atoms with E-state index >= 15 is 0 Å². The lowest BCUT2D eigenvalue weighted by Crippen LogP contribution is -2.26. The molecule has 8 heteroatoms. The Morgan fingerprint density at radius 1 is 1.39 bits per heavy atom. The van der Waals surface area contributed by atoms with Gasteiger partial charge in [0.2, 0.25) is 0 Å². The van der Waals surface area contributed by atoms with E-state index in [0.717, 1.165) is 6.42 Å². The maximum absolute atomic E-state index is 12.1. The third-order valence-electron chi connectivity index (χ3n) is 2.70. The van der Waals surface area contributed by atoms with Crippen molar-refractivity contribution in [3.05, 3.63) is 22.7 Å². The molecule has 0 bridgehead atoms. The van der Waals surface area contributed by atoms with Gasteiger partial charge in [0.05, 0.1) is 24.5 Å². The van der Waals surface area contributed by atoms with Crippen LogP contribution in [0.3, 0.4) is 0 Å². The number of halogens is 1. The van der Waals surface area contributed by atoms with Gasteiger partial charge in [0, 0.05) is 17.9 Å². The summed E-state index contributed by atoms with van der Waals surface area (Å²) in [5.41, 5.74) is 0.360. The van der Waals surface area contributed by atoms with Crippen LogP contribution in [0.1, 0.15) is 23.7 Å². The maximum Gasteiger partial charge on any atom is 0.313 e. The van der Waals surface area contributed by atoms with Crippen LogP contribution in [0.4, 0.5) is 0 Å². The number of carboxylic acid groups (broad SMARTS) is 1. The number of carbonyl (C=O) groups is 2.